The maximum atomic E-state index is 12.1. The standard InChI is InChI=1S/C20H24N2O3/c1-14-7-4-5-10-17(14)20(2,3)13-22-18(23)12-25-16-9-6-8-15(11-16)19(21)24/h4-11H,12-13H2,1-3H3,(H2,21,24)(H,22,23). The van der Waals surface area contributed by atoms with Crippen LogP contribution in [0.5, 0.6) is 5.75 Å². The second-order valence-corrected chi connectivity index (χ2v) is 6.66. The number of carbonyl (C=O) groups is 2. The largest absolute Gasteiger partial charge is 0.484 e. The van der Waals surface area contributed by atoms with E-state index in [2.05, 4.69) is 38.2 Å². The summed E-state index contributed by atoms with van der Waals surface area (Å²) in [6.07, 6.45) is 0. The molecule has 0 saturated heterocycles. The van der Waals surface area contributed by atoms with Gasteiger partial charge in [0.05, 0.1) is 0 Å². The van der Waals surface area contributed by atoms with Gasteiger partial charge in [0.1, 0.15) is 5.75 Å². The van der Waals surface area contributed by atoms with Crippen LogP contribution in [0.25, 0.3) is 0 Å². The molecule has 5 heteroatoms. The number of primary amides is 1. The molecule has 0 aliphatic rings. The first-order valence-electron chi connectivity index (χ1n) is 8.15. The smallest absolute Gasteiger partial charge is 0.257 e. The van der Waals surface area contributed by atoms with Gasteiger partial charge in [-0.05, 0) is 36.2 Å². The summed E-state index contributed by atoms with van der Waals surface area (Å²) in [5, 5.41) is 2.90. The van der Waals surface area contributed by atoms with Crippen LogP contribution >= 0.6 is 0 Å². The molecule has 0 heterocycles. The van der Waals surface area contributed by atoms with E-state index < -0.39 is 5.91 Å². The zero-order valence-electron chi connectivity index (χ0n) is 14.8. The maximum Gasteiger partial charge on any atom is 0.257 e. The van der Waals surface area contributed by atoms with E-state index in [1.807, 2.05) is 12.1 Å². The lowest BCUT2D eigenvalue weighted by Gasteiger charge is -2.27. The molecular formula is C20H24N2O3. The molecule has 0 saturated carbocycles. The molecule has 0 unspecified atom stereocenters. The Morgan fingerprint density at radius 2 is 1.84 bits per heavy atom. The molecule has 2 rings (SSSR count). The van der Waals surface area contributed by atoms with E-state index in [9.17, 15) is 9.59 Å². The number of nitrogens with one attached hydrogen (secondary N) is 1. The Balaban J connectivity index is 1.89. The average molecular weight is 340 g/mol. The van der Waals surface area contributed by atoms with Gasteiger partial charge in [0.2, 0.25) is 5.91 Å². The molecule has 2 aromatic carbocycles. The Morgan fingerprint density at radius 1 is 1.12 bits per heavy atom. The minimum atomic E-state index is -0.533. The van der Waals surface area contributed by atoms with E-state index in [4.69, 9.17) is 10.5 Å². The van der Waals surface area contributed by atoms with Crippen LogP contribution in [-0.4, -0.2) is 25.0 Å². The molecule has 0 atom stereocenters. The predicted octanol–water partition coefficient (Wildman–Crippen LogP) is 2.57. The Kier molecular flexibility index (Phi) is 5.80. The third kappa shape index (κ3) is 5.08. The van der Waals surface area contributed by atoms with E-state index in [0.29, 0.717) is 17.9 Å². The number of rotatable bonds is 7. The van der Waals surface area contributed by atoms with Crippen LogP contribution < -0.4 is 15.8 Å². The summed E-state index contributed by atoms with van der Waals surface area (Å²) in [4.78, 5) is 23.2. The van der Waals surface area contributed by atoms with Gasteiger partial charge in [-0.1, -0.05) is 44.2 Å². The monoisotopic (exact) mass is 340 g/mol. The van der Waals surface area contributed by atoms with Gasteiger partial charge in [0, 0.05) is 17.5 Å². The van der Waals surface area contributed by atoms with Crippen LogP contribution in [0.4, 0.5) is 0 Å². The molecule has 5 nitrogen and oxygen atoms in total. The number of nitrogens with two attached hydrogens (primary N) is 1. The summed E-state index contributed by atoms with van der Waals surface area (Å²) in [5.74, 6) is -0.314. The van der Waals surface area contributed by atoms with E-state index in [0.717, 1.165) is 0 Å². The summed E-state index contributed by atoms with van der Waals surface area (Å²) >= 11 is 0. The van der Waals surface area contributed by atoms with Crippen molar-refractivity contribution in [2.24, 2.45) is 5.73 Å². The summed E-state index contributed by atoms with van der Waals surface area (Å²) < 4.78 is 5.43. The molecule has 2 aromatic rings. The normalized spacial score (nSPS) is 11.0. The van der Waals surface area contributed by atoms with Gasteiger partial charge in [-0.15, -0.1) is 0 Å². The SMILES string of the molecule is Cc1ccccc1C(C)(C)CNC(=O)COc1cccc(C(N)=O)c1. The van der Waals surface area contributed by atoms with Crippen LogP contribution in [0.2, 0.25) is 0 Å². The lowest BCUT2D eigenvalue weighted by atomic mass is 9.82. The molecule has 132 valence electrons. The zero-order chi connectivity index (χ0) is 18.4. The topological polar surface area (TPSA) is 81.4 Å². The minimum absolute atomic E-state index is 0.119. The molecule has 0 aliphatic carbocycles. The number of hydrogen-bond acceptors (Lipinski definition) is 3. The molecule has 0 aromatic heterocycles. The van der Waals surface area contributed by atoms with Crippen molar-refractivity contribution < 1.29 is 14.3 Å². The van der Waals surface area contributed by atoms with Crippen LogP contribution in [0.1, 0.15) is 35.3 Å². The van der Waals surface area contributed by atoms with Crippen molar-refractivity contribution in [1.29, 1.82) is 0 Å². The van der Waals surface area contributed by atoms with E-state index in [1.54, 1.807) is 18.2 Å². The van der Waals surface area contributed by atoms with E-state index in [-0.39, 0.29) is 17.9 Å². The molecular weight excluding hydrogens is 316 g/mol. The third-order valence-electron chi connectivity index (χ3n) is 4.09. The Labute approximate surface area is 148 Å². The Hall–Kier alpha value is -2.82. The first kappa shape index (κ1) is 18.5. The van der Waals surface area contributed by atoms with Crippen molar-refractivity contribution in [1.82, 2.24) is 5.32 Å². The highest BCUT2D eigenvalue weighted by Crippen LogP contribution is 2.25. The number of ether oxygens (including phenoxy) is 1. The first-order valence-corrected chi connectivity index (χ1v) is 8.15. The van der Waals surface area contributed by atoms with Crippen molar-refractivity contribution in [3.63, 3.8) is 0 Å². The Morgan fingerprint density at radius 3 is 2.52 bits per heavy atom. The molecule has 25 heavy (non-hydrogen) atoms. The number of aryl methyl sites for hydroxylation is 1. The first-order chi connectivity index (χ1) is 11.8. The third-order valence-corrected chi connectivity index (χ3v) is 4.09. The number of hydrogen-bond donors (Lipinski definition) is 2. The summed E-state index contributed by atoms with van der Waals surface area (Å²) in [6, 6.07) is 14.6. The highest BCUT2D eigenvalue weighted by molar-refractivity contribution is 5.93. The van der Waals surface area contributed by atoms with E-state index in [1.165, 1.54) is 17.2 Å². The van der Waals surface area contributed by atoms with Crippen molar-refractivity contribution in [3.8, 4) is 5.75 Å². The van der Waals surface area contributed by atoms with Crippen LogP contribution in [0.15, 0.2) is 48.5 Å². The fraction of sp³-hybridized carbons (Fsp3) is 0.300. The molecule has 2 amide bonds. The fourth-order valence-electron chi connectivity index (χ4n) is 2.69. The Bertz CT molecular complexity index is 769. The minimum Gasteiger partial charge on any atom is -0.484 e. The summed E-state index contributed by atoms with van der Waals surface area (Å²) in [5.41, 5.74) is 7.78. The van der Waals surface area contributed by atoms with E-state index >= 15 is 0 Å². The van der Waals surface area contributed by atoms with Gasteiger partial charge in [-0.3, -0.25) is 9.59 Å². The zero-order valence-corrected chi connectivity index (χ0v) is 14.8. The van der Waals surface area contributed by atoms with Gasteiger partial charge < -0.3 is 15.8 Å². The van der Waals surface area contributed by atoms with Crippen molar-refractivity contribution in [2.75, 3.05) is 13.2 Å². The number of carbonyl (C=O) groups excluding carboxylic acids is 2. The molecule has 3 N–H and O–H groups in total. The maximum absolute atomic E-state index is 12.1. The molecule has 0 bridgehead atoms. The van der Waals surface area contributed by atoms with Gasteiger partial charge in [-0.25, -0.2) is 0 Å². The van der Waals surface area contributed by atoms with Crippen molar-refractivity contribution in [2.45, 2.75) is 26.2 Å². The van der Waals surface area contributed by atoms with Crippen molar-refractivity contribution >= 4 is 11.8 Å². The van der Waals surface area contributed by atoms with Gasteiger partial charge in [-0.2, -0.15) is 0 Å². The lowest BCUT2D eigenvalue weighted by Crippen LogP contribution is -2.39. The fourth-order valence-corrected chi connectivity index (χ4v) is 2.69. The summed E-state index contributed by atoms with van der Waals surface area (Å²) in [7, 11) is 0. The van der Waals surface area contributed by atoms with Crippen LogP contribution in [0, 0.1) is 6.92 Å². The predicted molar refractivity (Wildman–Crippen MR) is 97.7 cm³/mol. The number of benzene rings is 2. The quantitative estimate of drug-likeness (QED) is 0.813. The second-order valence-electron chi connectivity index (χ2n) is 6.66. The second kappa shape index (κ2) is 7.83. The van der Waals surface area contributed by atoms with Crippen molar-refractivity contribution in [3.05, 3.63) is 65.2 Å². The molecule has 0 aliphatic heterocycles. The highest BCUT2D eigenvalue weighted by atomic mass is 16.5. The van der Waals surface area contributed by atoms with Crippen LogP contribution in [0.3, 0.4) is 0 Å². The molecule has 0 fully saturated rings. The lowest BCUT2D eigenvalue weighted by molar-refractivity contribution is -0.123. The van der Waals surface area contributed by atoms with Gasteiger partial charge >= 0.3 is 0 Å². The van der Waals surface area contributed by atoms with Crippen LogP contribution in [-0.2, 0) is 10.2 Å². The molecule has 0 radical (unpaired) electrons. The highest BCUT2D eigenvalue weighted by Gasteiger charge is 2.23. The summed E-state index contributed by atoms with van der Waals surface area (Å²) in [6.45, 7) is 6.63. The van der Waals surface area contributed by atoms with Gasteiger partial charge in [0.15, 0.2) is 6.61 Å². The van der Waals surface area contributed by atoms with Gasteiger partial charge in [0.25, 0.3) is 5.91 Å². The average Bonchev–Trinajstić information content (AvgIpc) is 2.58. The number of amides is 2. The molecule has 0 spiro atoms.